The van der Waals surface area contributed by atoms with Crippen LogP contribution < -0.4 is 5.73 Å². The van der Waals surface area contributed by atoms with Crippen molar-refractivity contribution in [2.24, 2.45) is 5.73 Å². The fourth-order valence-electron chi connectivity index (χ4n) is 1.71. The second-order valence-electron chi connectivity index (χ2n) is 4.68. The predicted octanol–water partition coefficient (Wildman–Crippen LogP) is 3.66. The van der Waals surface area contributed by atoms with E-state index >= 15 is 0 Å². The van der Waals surface area contributed by atoms with Crippen molar-refractivity contribution in [3.8, 4) is 0 Å². The first-order valence-corrected chi connectivity index (χ1v) is 6.01. The molecule has 1 fully saturated rings. The molecular weight excluding hydrogens is 257 g/mol. The molecule has 1 aromatic carbocycles. The Morgan fingerprint density at radius 3 is 2.47 bits per heavy atom. The lowest BCUT2D eigenvalue weighted by Crippen LogP contribution is -2.21. The molecule has 0 aromatic heterocycles. The molecule has 0 spiro atoms. The molecule has 1 aliphatic carbocycles. The number of rotatable bonds is 2. The zero-order valence-electron chi connectivity index (χ0n) is 8.98. The van der Waals surface area contributed by atoms with Crippen LogP contribution >= 0.6 is 15.9 Å². The first kappa shape index (κ1) is 11.1. The van der Waals surface area contributed by atoms with Gasteiger partial charge in [-0.2, -0.15) is 0 Å². The van der Waals surface area contributed by atoms with Crippen molar-refractivity contribution in [2.45, 2.75) is 38.1 Å². The van der Waals surface area contributed by atoms with Crippen molar-refractivity contribution in [1.29, 1.82) is 0 Å². The van der Waals surface area contributed by atoms with E-state index in [0.29, 0.717) is 16.0 Å². The van der Waals surface area contributed by atoms with E-state index in [1.54, 1.807) is 0 Å². The SMILES string of the molecule is CC(C)c1cc(Br)c(F)c(C2(N)CC2)c1. The zero-order valence-corrected chi connectivity index (χ0v) is 10.6. The first-order valence-electron chi connectivity index (χ1n) is 5.22. The summed E-state index contributed by atoms with van der Waals surface area (Å²) in [5, 5.41) is 0. The molecule has 15 heavy (non-hydrogen) atoms. The highest BCUT2D eigenvalue weighted by Crippen LogP contribution is 2.45. The van der Waals surface area contributed by atoms with Crippen LogP contribution in [0.3, 0.4) is 0 Å². The van der Waals surface area contributed by atoms with Gasteiger partial charge < -0.3 is 5.73 Å². The number of benzene rings is 1. The van der Waals surface area contributed by atoms with Crippen LogP contribution in [-0.2, 0) is 5.54 Å². The van der Waals surface area contributed by atoms with Gasteiger partial charge >= 0.3 is 0 Å². The van der Waals surface area contributed by atoms with E-state index in [2.05, 4.69) is 29.8 Å². The van der Waals surface area contributed by atoms with E-state index < -0.39 is 5.54 Å². The number of halogens is 2. The van der Waals surface area contributed by atoms with Gasteiger partial charge in [0.25, 0.3) is 0 Å². The summed E-state index contributed by atoms with van der Waals surface area (Å²) in [6, 6.07) is 3.76. The molecule has 1 nitrogen and oxygen atoms in total. The minimum absolute atomic E-state index is 0.195. The van der Waals surface area contributed by atoms with Crippen LogP contribution in [0.1, 0.15) is 43.7 Å². The van der Waals surface area contributed by atoms with Crippen LogP contribution in [0.2, 0.25) is 0 Å². The highest BCUT2D eigenvalue weighted by atomic mass is 79.9. The van der Waals surface area contributed by atoms with Crippen molar-refractivity contribution in [3.05, 3.63) is 33.5 Å². The summed E-state index contributed by atoms with van der Waals surface area (Å²) in [4.78, 5) is 0. The molecule has 3 heteroatoms. The second kappa shape index (κ2) is 3.56. The lowest BCUT2D eigenvalue weighted by Gasteiger charge is -2.15. The molecular formula is C12H15BrFN. The van der Waals surface area contributed by atoms with Gasteiger partial charge in [-0.1, -0.05) is 19.9 Å². The topological polar surface area (TPSA) is 26.0 Å². The van der Waals surface area contributed by atoms with Crippen LogP contribution in [0.5, 0.6) is 0 Å². The molecule has 0 amide bonds. The largest absolute Gasteiger partial charge is 0.321 e. The molecule has 1 saturated carbocycles. The number of hydrogen-bond donors (Lipinski definition) is 1. The third kappa shape index (κ3) is 1.95. The maximum absolute atomic E-state index is 13.9. The molecule has 82 valence electrons. The standard InChI is InChI=1S/C12H15BrFN/c1-7(2)8-5-9(12(15)3-4-12)11(14)10(13)6-8/h5-7H,3-4,15H2,1-2H3. The van der Waals surface area contributed by atoms with Gasteiger partial charge in [0.2, 0.25) is 0 Å². The number of nitrogens with two attached hydrogens (primary N) is 1. The van der Waals surface area contributed by atoms with E-state index in [1.807, 2.05) is 12.1 Å². The molecule has 0 aliphatic heterocycles. The molecule has 0 radical (unpaired) electrons. The molecule has 2 N–H and O–H groups in total. The first-order chi connectivity index (χ1) is 6.94. The molecule has 2 rings (SSSR count). The smallest absolute Gasteiger partial charge is 0.142 e. The molecule has 1 aliphatic rings. The average Bonchev–Trinajstić information content (AvgIpc) is 2.89. The van der Waals surface area contributed by atoms with Gasteiger partial charge in [0.15, 0.2) is 0 Å². The molecule has 0 unspecified atom stereocenters. The van der Waals surface area contributed by atoms with Crippen LogP contribution in [0.25, 0.3) is 0 Å². The highest BCUT2D eigenvalue weighted by molar-refractivity contribution is 9.10. The Morgan fingerprint density at radius 1 is 1.40 bits per heavy atom. The monoisotopic (exact) mass is 271 g/mol. The van der Waals surface area contributed by atoms with Gasteiger partial charge in [0, 0.05) is 11.1 Å². The average molecular weight is 272 g/mol. The normalized spacial score (nSPS) is 18.3. The predicted molar refractivity (Wildman–Crippen MR) is 63.3 cm³/mol. The fraction of sp³-hybridized carbons (Fsp3) is 0.500. The lowest BCUT2D eigenvalue weighted by atomic mass is 9.96. The van der Waals surface area contributed by atoms with Crippen LogP contribution in [0.4, 0.5) is 4.39 Å². The minimum atomic E-state index is -0.405. The summed E-state index contributed by atoms with van der Waals surface area (Å²) >= 11 is 3.25. The van der Waals surface area contributed by atoms with Gasteiger partial charge in [0.1, 0.15) is 5.82 Å². The van der Waals surface area contributed by atoms with Crippen molar-refractivity contribution in [1.82, 2.24) is 0 Å². The summed E-state index contributed by atoms with van der Waals surface area (Å²) in [5.74, 6) is 0.197. The zero-order chi connectivity index (χ0) is 11.2. The van der Waals surface area contributed by atoms with Gasteiger partial charge in [-0.05, 0) is 46.3 Å². The number of hydrogen-bond acceptors (Lipinski definition) is 1. The Bertz CT molecular complexity index is 397. The maximum Gasteiger partial charge on any atom is 0.142 e. The van der Waals surface area contributed by atoms with Crippen LogP contribution in [-0.4, -0.2) is 0 Å². The maximum atomic E-state index is 13.9. The van der Waals surface area contributed by atoms with Gasteiger partial charge in [-0.3, -0.25) is 0 Å². The van der Waals surface area contributed by atoms with Gasteiger partial charge in [-0.25, -0.2) is 4.39 Å². The van der Waals surface area contributed by atoms with Crippen molar-refractivity contribution < 1.29 is 4.39 Å². The minimum Gasteiger partial charge on any atom is -0.321 e. The van der Waals surface area contributed by atoms with Crippen LogP contribution in [0, 0.1) is 5.82 Å². The van der Waals surface area contributed by atoms with Crippen molar-refractivity contribution in [2.75, 3.05) is 0 Å². The van der Waals surface area contributed by atoms with Crippen LogP contribution in [0.15, 0.2) is 16.6 Å². The Kier molecular flexibility index (Phi) is 2.63. The Labute approximate surface area is 98.0 Å². The third-order valence-corrected chi connectivity index (χ3v) is 3.62. The molecule has 0 atom stereocenters. The van der Waals surface area contributed by atoms with E-state index in [-0.39, 0.29) is 5.82 Å². The van der Waals surface area contributed by atoms with E-state index in [0.717, 1.165) is 18.4 Å². The van der Waals surface area contributed by atoms with E-state index in [1.165, 1.54) is 0 Å². The second-order valence-corrected chi connectivity index (χ2v) is 5.53. The molecule has 0 heterocycles. The van der Waals surface area contributed by atoms with Crippen molar-refractivity contribution >= 4 is 15.9 Å². The molecule has 0 saturated heterocycles. The van der Waals surface area contributed by atoms with Gasteiger partial charge in [-0.15, -0.1) is 0 Å². The van der Waals surface area contributed by atoms with Crippen molar-refractivity contribution in [3.63, 3.8) is 0 Å². The fourth-order valence-corrected chi connectivity index (χ4v) is 2.19. The van der Waals surface area contributed by atoms with E-state index in [4.69, 9.17) is 5.73 Å². The summed E-state index contributed by atoms with van der Waals surface area (Å²) in [5.41, 5.74) is 7.44. The summed E-state index contributed by atoms with van der Waals surface area (Å²) in [6.45, 7) is 4.19. The lowest BCUT2D eigenvalue weighted by molar-refractivity contribution is 0.570. The summed E-state index contributed by atoms with van der Waals surface area (Å²) in [6.07, 6.45) is 1.77. The molecule has 1 aromatic rings. The Morgan fingerprint density at radius 2 is 2.00 bits per heavy atom. The Hall–Kier alpha value is -0.410. The summed E-state index contributed by atoms with van der Waals surface area (Å²) < 4.78 is 14.4. The van der Waals surface area contributed by atoms with Gasteiger partial charge in [0.05, 0.1) is 4.47 Å². The summed E-state index contributed by atoms with van der Waals surface area (Å²) in [7, 11) is 0. The third-order valence-electron chi connectivity index (χ3n) is 3.04. The Balaban J connectivity index is 2.53. The van der Waals surface area contributed by atoms with E-state index in [9.17, 15) is 4.39 Å². The highest BCUT2D eigenvalue weighted by Gasteiger charge is 2.42. The molecule has 0 bridgehead atoms. The quantitative estimate of drug-likeness (QED) is 0.873.